The average Bonchev–Trinajstić information content (AvgIpc) is 2.13. The minimum absolute atomic E-state index is 0.117. The first-order valence-corrected chi connectivity index (χ1v) is 6.37. The van der Waals surface area contributed by atoms with Crippen molar-refractivity contribution >= 4 is 0 Å². The van der Waals surface area contributed by atoms with E-state index in [2.05, 4.69) is 38.3 Å². The molecule has 1 aromatic rings. The van der Waals surface area contributed by atoms with E-state index >= 15 is 0 Å². The molecule has 0 spiro atoms. The van der Waals surface area contributed by atoms with Crippen LogP contribution >= 0.6 is 0 Å². The summed E-state index contributed by atoms with van der Waals surface area (Å²) in [7, 11) is 0. The average molecular weight is 250 g/mol. The Labute approximate surface area is 110 Å². The summed E-state index contributed by atoms with van der Waals surface area (Å²) in [5, 5.41) is 10.5. The molecule has 0 heterocycles. The van der Waals surface area contributed by atoms with Gasteiger partial charge in [-0.3, -0.25) is 11.3 Å². The van der Waals surface area contributed by atoms with Gasteiger partial charge in [0.25, 0.3) is 0 Å². The summed E-state index contributed by atoms with van der Waals surface area (Å²) in [5.41, 5.74) is 6.21. The molecule has 1 aromatic carbocycles. The minimum Gasteiger partial charge on any atom is -0.384 e. The van der Waals surface area contributed by atoms with Crippen LogP contribution in [0.5, 0.6) is 0 Å². The van der Waals surface area contributed by atoms with Crippen molar-refractivity contribution in [3.05, 3.63) is 34.4 Å². The van der Waals surface area contributed by atoms with Crippen LogP contribution in [0.15, 0.2) is 12.1 Å². The molecule has 0 amide bonds. The molecule has 0 aromatic heterocycles. The lowest BCUT2D eigenvalue weighted by Gasteiger charge is -2.29. The number of aliphatic hydroxyl groups is 1. The number of aryl methyl sites for hydroxylation is 2. The molecule has 1 atom stereocenters. The van der Waals surface area contributed by atoms with Gasteiger partial charge >= 0.3 is 0 Å². The smallest absolute Gasteiger partial charge is 0.101 e. The number of nitrogens with one attached hydrogen (secondary N) is 1. The van der Waals surface area contributed by atoms with Crippen LogP contribution in [0.1, 0.15) is 49.9 Å². The van der Waals surface area contributed by atoms with E-state index in [1.807, 2.05) is 13.8 Å². The van der Waals surface area contributed by atoms with Crippen molar-refractivity contribution in [3.8, 4) is 0 Å². The van der Waals surface area contributed by atoms with Crippen LogP contribution in [-0.4, -0.2) is 11.7 Å². The third kappa shape index (κ3) is 3.10. The van der Waals surface area contributed by atoms with Crippen LogP contribution in [0.3, 0.4) is 0 Å². The zero-order valence-corrected chi connectivity index (χ0v) is 12.4. The van der Waals surface area contributed by atoms with Gasteiger partial charge in [0.2, 0.25) is 0 Å². The van der Waals surface area contributed by atoms with Gasteiger partial charge in [-0.05, 0) is 48.4 Å². The summed E-state index contributed by atoms with van der Waals surface area (Å²) in [6.07, 6.45) is 0. The molecule has 3 nitrogen and oxygen atoms in total. The summed E-state index contributed by atoms with van der Waals surface area (Å²) in [6, 6.07) is 4.32. The summed E-state index contributed by atoms with van der Waals surface area (Å²) in [6.45, 7) is 12.8. The largest absolute Gasteiger partial charge is 0.384 e. The number of benzene rings is 1. The molecule has 3 heteroatoms. The van der Waals surface area contributed by atoms with E-state index in [1.165, 1.54) is 5.56 Å². The predicted molar refractivity (Wildman–Crippen MR) is 76.4 cm³/mol. The van der Waals surface area contributed by atoms with Crippen molar-refractivity contribution in [2.24, 2.45) is 5.84 Å². The van der Waals surface area contributed by atoms with Crippen LogP contribution in [0, 0.1) is 13.8 Å². The zero-order valence-electron chi connectivity index (χ0n) is 12.4. The summed E-state index contributed by atoms with van der Waals surface area (Å²) in [5.74, 6) is 5.34. The van der Waals surface area contributed by atoms with E-state index < -0.39 is 5.60 Å². The first-order valence-electron chi connectivity index (χ1n) is 6.37. The number of rotatable bonds is 3. The van der Waals surface area contributed by atoms with Crippen LogP contribution in [0.25, 0.3) is 0 Å². The normalized spacial score (nSPS) is 15.6. The van der Waals surface area contributed by atoms with Crippen LogP contribution in [0.2, 0.25) is 0 Å². The van der Waals surface area contributed by atoms with Crippen molar-refractivity contribution < 1.29 is 5.11 Å². The lowest BCUT2D eigenvalue weighted by molar-refractivity contribution is 0.0559. The Kier molecular flexibility index (Phi) is 4.21. The molecule has 0 radical (unpaired) electrons. The Morgan fingerprint density at radius 2 is 1.56 bits per heavy atom. The van der Waals surface area contributed by atoms with Crippen molar-refractivity contribution in [3.63, 3.8) is 0 Å². The molecule has 0 aliphatic carbocycles. The van der Waals surface area contributed by atoms with Gasteiger partial charge < -0.3 is 5.11 Å². The van der Waals surface area contributed by atoms with Gasteiger partial charge in [-0.2, -0.15) is 0 Å². The van der Waals surface area contributed by atoms with Gasteiger partial charge in [0.1, 0.15) is 5.60 Å². The molecule has 0 fully saturated rings. The predicted octanol–water partition coefficient (Wildman–Crippen LogP) is 2.27. The molecule has 0 saturated heterocycles. The molecule has 4 N–H and O–H groups in total. The summed E-state index contributed by atoms with van der Waals surface area (Å²) in [4.78, 5) is 0. The first-order chi connectivity index (χ1) is 8.09. The fourth-order valence-electron chi connectivity index (χ4n) is 2.53. The van der Waals surface area contributed by atoms with E-state index in [0.717, 1.165) is 16.7 Å². The lowest BCUT2D eigenvalue weighted by atomic mass is 9.80. The minimum atomic E-state index is -0.945. The third-order valence-corrected chi connectivity index (χ3v) is 3.38. The Morgan fingerprint density at radius 3 is 1.89 bits per heavy atom. The van der Waals surface area contributed by atoms with Crippen molar-refractivity contribution in [1.82, 2.24) is 5.43 Å². The molecule has 0 saturated carbocycles. The summed E-state index contributed by atoms with van der Waals surface area (Å²) >= 11 is 0. The Bertz CT molecular complexity index is 408. The van der Waals surface area contributed by atoms with Crippen molar-refractivity contribution in [2.45, 2.75) is 52.6 Å². The van der Waals surface area contributed by atoms with Gasteiger partial charge in [-0.15, -0.1) is 0 Å². The van der Waals surface area contributed by atoms with E-state index in [1.54, 1.807) is 6.92 Å². The highest BCUT2D eigenvalue weighted by Gasteiger charge is 2.27. The van der Waals surface area contributed by atoms with E-state index in [9.17, 15) is 5.11 Å². The standard InChI is InChI=1S/C15H26N2O/c1-10-7-12(14(3,4)5)8-11(2)13(10)15(6,18)9-17-16/h7-8,17-18H,9,16H2,1-6H3. The SMILES string of the molecule is Cc1cc(C(C)(C)C)cc(C)c1C(C)(O)CNN. The lowest BCUT2D eigenvalue weighted by Crippen LogP contribution is -2.40. The number of hydrogen-bond acceptors (Lipinski definition) is 3. The van der Waals surface area contributed by atoms with Crippen LogP contribution in [-0.2, 0) is 11.0 Å². The molecule has 18 heavy (non-hydrogen) atoms. The second-order valence-electron chi connectivity index (χ2n) is 6.39. The molecular weight excluding hydrogens is 224 g/mol. The maximum Gasteiger partial charge on any atom is 0.101 e. The zero-order chi connectivity index (χ0) is 14.1. The maximum absolute atomic E-state index is 10.5. The Morgan fingerprint density at radius 1 is 1.11 bits per heavy atom. The highest BCUT2D eigenvalue weighted by Crippen LogP contribution is 2.32. The second kappa shape index (κ2) is 5.00. The number of hydrogen-bond donors (Lipinski definition) is 3. The first kappa shape index (κ1) is 15.2. The molecule has 0 aliphatic heterocycles. The quantitative estimate of drug-likeness (QED) is 0.570. The van der Waals surface area contributed by atoms with Gasteiger partial charge in [0.05, 0.1) is 0 Å². The molecule has 1 unspecified atom stereocenters. The Hall–Kier alpha value is -0.900. The van der Waals surface area contributed by atoms with Crippen molar-refractivity contribution in [2.75, 3.05) is 6.54 Å². The van der Waals surface area contributed by atoms with Crippen molar-refractivity contribution in [1.29, 1.82) is 0 Å². The third-order valence-electron chi connectivity index (χ3n) is 3.38. The van der Waals surface area contributed by atoms with Gasteiger partial charge in [-0.1, -0.05) is 32.9 Å². The fourth-order valence-corrected chi connectivity index (χ4v) is 2.53. The number of hydrazine groups is 1. The van der Waals surface area contributed by atoms with E-state index in [4.69, 9.17) is 5.84 Å². The van der Waals surface area contributed by atoms with E-state index in [0.29, 0.717) is 6.54 Å². The van der Waals surface area contributed by atoms with E-state index in [-0.39, 0.29) is 5.41 Å². The highest BCUT2D eigenvalue weighted by molar-refractivity contribution is 5.43. The van der Waals surface area contributed by atoms with Crippen LogP contribution < -0.4 is 11.3 Å². The molecule has 0 bridgehead atoms. The molecule has 0 aliphatic rings. The molecular formula is C15H26N2O. The van der Waals surface area contributed by atoms with Gasteiger partial charge in [-0.25, -0.2) is 0 Å². The monoisotopic (exact) mass is 250 g/mol. The highest BCUT2D eigenvalue weighted by atomic mass is 16.3. The molecule has 102 valence electrons. The van der Waals surface area contributed by atoms with Gasteiger partial charge in [0, 0.05) is 6.54 Å². The summed E-state index contributed by atoms with van der Waals surface area (Å²) < 4.78 is 0. The fraction of sp³-hybridized carbons (Fsp3) is 0.600. The second-order valence-corrected chi connectivity index (χ2v) is 6.39. The number of nitrogens with two attached hydrogens (primary N) is 1. The topological polar surface area (TPSA) is 58.3 Å². The molecule has 1 rings (SSSR count). The van der Waals surface area contributed by atoms with Gasteiger partial charge in [0.15, 0.2) is 0 Å². The van der Waals surface area contributed by atoms with Crippen LogP contribution in [0.4, 0.5) is 0 Å². The Balaban J connectivity index is 3.33. The maximum atomic E-state index is 10.5.